The normalized spacial score (nSPS) is 21.2. The second kappa shape index (κ2) is 8.66. The molecule has 3 heterocycles. The highest BCUT2D eigenvalue weighted by molar-refractivity contribution is 6.04. The molecular weight excluding hydrogens is 381 g/mol. The van der Waals surface area contributed by atoms with E-state index in [9.17, 15) is 9.18 Å². The number of piperidine rings is 1. The molecule has 0 unspecified atom stereocenters. The Balaban J connectivity index is 1.56. The third-order valence-electron chi connectivity index (χ3n) is 5.65. The number of rotatable bonds is 4. The van der Waals surface area contributed by atoms with Crippen LogP contribution < -0.4 is 4.90 Å². The van der Waals surface area contributed by atoms with E-state index in [-0.39, 0.29) is 11.6 Å². The number of ether oxygens (including phenoxy) is 1. The Kier molecular flexibility index (Phi) is 5.97. The molecule has 2 aromatic rings. The number of nitrogens with zero attached hydrogens (tertiary/aromatic N) is 3. The number of Topliss-reactive ketones (excluding diaryl/α,β-unsaturated/α-hetero) is 1. The Bertz CT molecular complexity index is 934. The van der Waals surface area contributed by atoms with Crippen LogP contribution in [-0.4, -0.2) is 55.1 Å². The van der Waals surface area contributed by atoms with Gasteiger partial charge in [0.25, 0.3) is 0 Å². The molecule has 0 amide bonds. The van der Waals surface area contributed by atoms with Crippen LogP contribution in [0.25, 0.3) is 6.08 Å². The smallest absolute Gasteiger partial charge is 0.167 e. The van der Waals surface area contributed by atoms with Crippen LogP contribution in [0.3, 0.4) is 0 Å². The molecule has 1 aromatic heterocycles. The van der Waals surface area contributed by atoms with Crippen molar-refractivity contribution in [3.63, 3.8) is 0 Å². The van der Waals surface area contributed by atoms with Gasteiger partial charge in [-0.25, -0.2) is 9.37 Å². The first-order chi connectivity index (χ1) is 14.4. The van der Waals surface area contributed by atoms with E-state index in [0.29, 0.717) is 32.8 Å². The molecule has 2 fully saturated rings. The second-order valence-electron chi connectivity index (χ2n) is 8.67. The van der Waals surface area contributed by atoms with Crippen molar-refractivity contribution in [1.29, 1.82) is 0 Å². The SMILES string of the molecule is CC1(C)CN(Cc2ccc(F)cc2)C/C(=C\c2cccc(N3CCOCC3)n2)C1=O. The van der Waals surface area contributed by atoms with Gasteiger partial charge in [0.15, 0.2) is 5.78 Å². The molecule has 6 heteroatoms. The van der Waals surface area contributed by atoms with Crippen LogP contribution in [0.4, 0.5) is 10.2 Å². The molecule has 5 nitrogen and oxygen atoms in total. The first kappa shape index (κ1) is 20.7. The molecule has 0 radical (unpaired) electrons. The zero-order valence-electron chi connectivity index (χ0n) is 17.6. The summed E-state index contributed by atoms with van der Waals surface area (Å²) in [4.78, 5) is 22.3. The number of anilines is 1. The number of pyridine rings is 1. The molecule has 2 aliphatic rings. The topological polar surface area (TPSA) is 45.7 Å². The number of hydrogen-bond donors (Lipinski definition) is 0. The molecule has 1 aromatic carbocycles. The summed E-state index contributed by atoms with van der Waals surface area (Å²) in [5.41, 5.74) is 2.11. The van der Waals surface area contributed by atoms with Crippen LogP contribution >= 0.6 is 0 Å². The number of benzene rings is 1. The fraction of sp³-hybridized carbons (Fsp3) is 0.417. The Hall–Kier alpha value is -2.57. The summed E-state index contributed by atoms with van der Waals surface area (Å²) in [6, 6.07) is 12.5. The molecule has 0 spiro atoms. The number of carbonyl (C=O) groups is 1. The van der Waals surface area contributed by atoms with E-state index in [1.807, 2.05) is 38.1 Å². The van der Waals surface area contributed by atoms with Crippen LogP contribution in [-0.2, 0) is 16.1 Å². The Labute approximate surface area is 177 Å². The molecule has 30 heavy (non-hydrogen) atoms. The molecule has 0 saturated carbocycles. The zero-order valence-corrected chi connectivity index (χ0v) is 17.6. The summed E-state index contributed by atoms with van der Waals surface area (Å²) in [5, 5.41) is 0. The minimum atomic E-state index is -0.480. The van der Waals surface area contributed by atoms with Gasteiger partial charge < -0.3 is 9.64 Å². The van der Waals surface area contributed by atoms with Crippen molar-refractivity contribution >= 4 is 17.7 Å². The van der Waals surface area contributed by atoms with Gasteiger partial charge in [-0.3, -0.25) is 9.69 Å². The zero-order chi connectivity index (χ0) is 21.1. The number of halogens is 1. The highest BCUT2D eigenvalue weighted by atomic mass is 19.1. The highest BCUT2D eigenvalue weighted by Gasteiger charge is 2.37. The maximum Gasteiger partial charge on any atom is 0.167 e. The summed E-state index contributed by atoms with van der Waals surface area (Å²) in [5.74, 6) is 0.842. The van der Waals surface area contributed by atoms with Gasteiger partial charge in [-0.15, -0.1) is 0 Å². The van der Waals surface area contributed by atoms with Crippen LogP contribution in [0.15, 0.2) is 48.0 Å². The summed E-state index contributed by atoms with van der Waals surface area (Å²) in [7, 11) is 0. The fourth-order valence-electron chi connectivity index (χ4n) is 4.17. The van der Waals surface area contributed by atoms with Crippen molar-refractivity contribution in [2.45, 2.75) is 20.4 Å². The van der Waals surface area contributed by atoms with E-state index in [1.165, 1.54) is 12.1 Å². The predicted octanol–water partition coefficient (Wildman–Crippen LogP) is 3.55. The molecule has 2 saturated heterocycles. The van der Waals surface area contributed by atoms with Crippen molar-refractivity contribution in [1.82, 2.24) is 9.88 Å². The molecule has 0 atom stereocenters. The molecule has 158 valence electrons. The number of aromatic nitrogens is 1. The van der Waals surface area contributed by atoms with E-state index in [4.69, 9.17) is 9.72 Å². The third-order valence-corrected chi connectivity index (χ3v) is 5.65. The predicted molar refractivity (Wildman–Crippen MR) is 116 cm³/mol. The Morgan fingerprint density at radius 2 is 1.87 bits per heavy atom. The summed E-state index contributed by atoms with van der Waals surface area (Å²) in [6.45, 7) is 8.93. The van der Waals surface area contributed by atoms with E-state index in [1.54, 1.807) is 12.1 Å². The average molecular weight is 410 g/mol. The monoisotopic (exact) mass is 409 g/mol. The van der Waals surface area contributed by atoms with Crippen molar-refractivity contribution in [2.24, 2.45) is 5.41 Å². The lowest BCUT2D eigenvalue weighted by molar-refractivity contribution is -0.126. The van der Waals surface area contributed by atoms with Crippen molar-refractivity contribution in [3.8, 4) is 0 Å². The van der Waals surface area contributed by atoms with Crippen molar-refractivity contribution < 1.29 is 13.9 Å². The lowest BCUT2D eigenvalue weighted by Gasteiger charge is -2.38. The van der Waals surface area contributed by atoms with E-state index in [2.05, 4.69) is 9.80 Å². The lowest BCUT2D eigenvalue weighted by atomic mass is 9.79. The number of likely N-dealkylation sites (tertiary alicyclic amines) is 1. The minimum absolute atomic E-state index is 0.163. The molecular formula is C24H28FN3O2. The van der Waals surface area contributed by atoms with E-state index in [0.717, 1.165) is 35.7 Å². The average Bonchev–Trinajstić information content (AvgIpc) is 2.74. The lowest BCUT2D eigenvalue weighted by Crippen LogP contribution is -2.47. The van der Waals surface area contributed by atoms with Gasteiger partial charge in [-0.1, -0.05) is 32.0 Å². The molecule has 0 bridgehead atoms. The minimum Gasteiger partial charge on any atom is -0.378 e. The quantitative estimate of drug-likeness (QED) is 0.723. The Morgan fingerprint density at radius 3 is 2.60 bits per heavy atom. The number of ketones is 1. The van der Waals surface area contributed by atoms with Gasteiger partial charge in [0, 0.05) is 43.7 Å². The van der Waals surface area contributed by atoms with Crippen LogP contribution in [0, 0.1) is 11.2 Å². The standard InChI is InChI=1S/C24H28FN3O2/c1-24(2)17-27(15-18-6-8-20(25)9-7-18)16-19(23(24)29)14-21-4-3-5-22(26-21)28-10-12-30-13-11-28/h3-9,14H,10-13,15-17H2,1-2H3/b19-14+. The van der Waals surface area contributed by atoms with Crippen molar-refractivity contribution in [3.05, 3.63) is 65.1 Å². The van der Waals surface area contributed by atoms with Gasteiger partial charge in [0.2, 0.25) is 0 Å². The number of morpholine rings is 1. The summed E-state index contributed by atoms with van der Waals surface area (Å²) in [6.07, 6.45) is 1.92. The fourth-order valence-corrected chi connectivity index (χ4v) is 4.17. The van der Waals surface area contributed by atoms with Gasteiger partial charge in [-0.2, -0.15) is 0 Å². The Morgan fingerprint density at radius 1 is 1.13 bits per heavy atom. The molecule has 2 aliphatic heterocycles. The van der Waals surface area contributed by atoms with Gasteiger partial charge in [-0.05, 0) is 35.9 Å². The second-order valence-corrected chi connectivity index (χ2v) is 8.67. The first-order valence-electron chi connectivity index (χ1n) is 10.4. The van der Waals surface area contributed by atoms with Gasteiger partial charge in [0.1, 0.15) is 11.6 Å². The summed E-state index contributed by atoms with van der Waals surface area (Å²) >= 11 is 0. The van der Waals surface area contributed by atoms with Crippen molar-refractivity contribution in [2.75, 3.05) is 44.3 Å². The molecule has 4 rings (SSSR count). The highest BCUT2D eigenvalue weighted by Crippen LogP contribution is 2.30. The molecule has 0 N–H and O–H groups in total. The number of carbonyl (C=O) groups excluding carboxylic acids is 1. The largest absolute Gasteiger partial charge is 0.378 e. The van der Waals surface area contributed by atoms with Crippen LogP contribution in [0.5, 0.6) is 0 Å². The number of hydrogen-bond acceptors (Lipinski definition) is 5. The first-order valence-corrected chi connectivity index (χ1v) is 10.4. The third kappa shape index (κ3) is 4.77. The molecule has 0 aliphatic carbocycles. The van der Waals surface area contributed by atoms with Gasteiger partial charge >= 0.3 is 0 Å². The maximum absolute atomic E-state index is 13.2. The van der Waals surface area contributed by atoms with Crippen LogP contribution in [0.1, 0.15) is 25.1 Å². The van der Waals surface area contributed by atoms with Crippen LogP contribution in [0.2, 0.25) is 0 Å². The summed E-state index contributed by atoms with van der Waals surface area (Å²) < 4.78 is 18.7. The van der Waals surface area contributed by atoms with E-state index < -0.39 is 5.41 Å². The van der Waals surface area contributed by atoms with E-state index >= 15 is 0 Å². The maximum atomic E-state index is 13.2. The van der Waals surface area contributed by atoms with Gasteiger partial charge in [0.05, 0.1) is 18.9 Å².